The van der Waals surface area contributed by atoms with Crippen LogP contribution in [-0.4, -0.2) is 23.7 Å². The molecule has 2 amide bonds. The molecule has 0 aliphatic heterocycles. The number of alkyl halides is 3. The SMILES string of the molecule is NC(=O)C1(NC(=O)c2ccc(OC(F)(F)F)cc2)CCCC1. The Morgan fingerprint density at radius 3 is 2.14 bits per heavy atom. The lowest BCUT2D eigenvalue weighted by atomic mass is 9.96. The molecule has 0 bridgehead atoms. The molecule has 1 aromatic rings. The predicted molar refractivity (Wildman–Crippen MR) is 71.0 cm³/mol. The number of benzene rings is 1. The number of carbonyl (C=O) groups excluding carboxylic acids is 2. The van der Waals surface area contributed by atoms with E-state index in [1.165, 1.54) is 12.1 Å². The molecule has 1 aliphatic carbocycles. The maximum absolute atomic E-state index is 12.1. The van der Waals surface area contributed by atoms with E-state index in [-0.39, 0.29) is 5.56 Å². The van der Waals surface area contributed by atoms with Gasteiger partial charge in [0.1, 0.15) is 11.3 Å². The van der Waals surface area contributed by atoms with Crippen LogP contribution in [0.5, 0.6) is 5.75 Å². The second-order valence-corrected chi connectivity index (χ2v) is 5.18. The van der Waals surface area contributed by atoms with Crippen molar-refractivity contribution in [2.75, 3.05) is 0 Å². The highest BCUT2D eigenvalue weighted by Crippen LogP contribution is 2.30. The fourth-order valence-electron chi connectivity index (χ4n) is 2.51. The molecule has 5 nitrogen and oxygen atoms in total. The van der Waals surface area contributed by atoms with Crippen molar-refractivity contribution < 1.29 is 27.5 Å². The normalized spacial score (nSPS) is 17.0. The molecule has 8 heteroatoms. The minimum atomic E-state index is -4.79. The van der Waals surface area contributed by atoms with Crippen LogP contribution in [0.15, 0.2) is 24.3 Å². The van der Waals surface area contributed by atoms with Crippen LogP contribution in [0.1, 0.15) is 36.0 Å². The molecular weight excluding hydrogens is 301 g/mol. The molecule has 0 spiro atoms. The third-order valence-corrected chi connectivity index (χ3v) is 3.63. The highest BCUT2D eigenvalue weighted by atomic mass is 19.4. The highest BCUT2D eigenvalue weighted by Gasteiger charge is 2.41. The Balaban J connectivity index is 2.08. The summed E-state index contributed by atoms with van der Waals surface area (Å²) in [4.78, 5) is 23.7. The maximum atomic E-state index is 12.1. The van der Waals surface area contributed by atoms with Crippen molar-refractivity contribution in [3.8, 4) is 5.75 Å². The zero-order valence-electron chi connectivity index (χ0n) is 11.6. The van der Waals surface area contributed by atoms with Crippen molar-refractivity contribution in [3.63, 3.8) is 0 Å². The van der Waals surface area contributed by atoms with Gasteiger partial charge in [0.2, 0.25) is 5.91 Å². The van der Waals surface area contributed by atoms with Crippen molar-refractivity contribution in [1.29, 1.82) is 0 Å². The van der Waals surface area contributed by atoms with E-state index in [0.717, 1.165) is 25.0 Å². The van der Waals surface area contributed by atoms with E-state index in [9.17, 15) is 22.8 Å². The highest BCUT2D eigenvalue weighted by molar-refractivity contribution is 5.99. The van der Waals surface area contributed by atoms with Crippen molar-refractivity contribution in [2.45, 2.75) is 37.6 Å². The molecule has 120 valence electrons. The second-order valence-electron chi connectivity index (χ2n) is 5.18. The number of hydrogen-bond acceptors (Lipinski definition) is 3. The molecular formula is C14H15F3N2O3. The maximum Gasteiger partial charge on any atom is 0.573 e. The van der Waals surface area contributed by atoms with E-state index in [1.54, 1.807) is 0 Å². The van der Waals surface area contributed by atoms with Gasteiger partial charge < -0.3 is 15.8 Å². The van der Waals surface area contributed by atoms with Gasteiger partial charge in [-0.15, -0.1) is 13.2 Å². The van der Waals surface area contributed by atoms with Crippen LogP contribution in [0.25, 0.3) is 0 Å². The van der Waals surface area contributed by atoms with Crippen LogP contribution >= 0.6 is 0 Å². The largest absolute Gasteiger partial charge is 0.573 e. The molecule has 0 aromatic heterocycles. The lowest BCUT2D eigenvalue weighted by Crippen LogP contribution is -2.55. The fourth-order valence-corrected chi connectivity index (χ4v) is 2.51. The third-order valence-electron chi connectivity index (χ3n) is 3.63. The first kappa shape index (κ1) is 16.1. The molecule has 0 saturated heterocycles. The molecule has 2 rings (SSSR count). The summed E-state index contributed by atoms with van der Waals surface area (Å²) in [5.74, 6) is -1.58. The molecule has 3 N–H and O–H groups in total. The number of nitrogens with two attached hydrogens (primary N) is 1. The van der Waals surface area contributed by atoms with Crippen LogP contribution < -0.4 is 15.8 Å². The van der Waals surface area contributed by atoms with E-state index in [2.05, 4.69) is 10.1 Å². The van der Waals surface area contributed by atoms with Gasteiger partial charge in [-0.1, -0.05) is 12.8 Å². The summed E-state index contributed by atoms with van der Waals surface area (Å²) in [6, 6.07) is 4.46. The molecule has 0 radical (unpaired) electrons. The molecule has 1 saturated carbocycles. The summed E-state index contributed by atoms with van der Waals surface area (Å²) in [5, 5.41) is 2.60. The summed E-state index contributed by atoms with van der Waals surface area (Å²) >= 11 is 0. The number of amides is 2. The van der Waals surface area contributed by atoms with Crippen molar-refractivity contribution in [2.24, 2.45) is 5.73 Å². The molecule has 0 heterocycles. The Hall–Kier alpha value is -2.25. The second kappa shape index (κ2) is 5.86. The topological polar surface area (TPSA) is 81.4 Å². The Morgan fingerprint density at radius 1 is 1.14 bits per heavy atom. The van der Waals surface area contributed by atoms with E-state index in [1.807, 2.05) is 0 Å². The molecule has 0 atom stereocenters. The van der Waals surface area contributed by atoms with E-state index < -0.39 is 29.5 Å². The fraction of sp³-hybridized carbons (Fsp3) is 0.429. The van der Waals surface area contributed by atoms with Gasteiger partial charge in [0, 0.05) is 5.56 Å². The average molecular weight is 316 g/mol. The van der Waals surface area contributed by atoms with Gasteiger partial charge in [0.15, 0.2) is 0 Å². The molecule has 0 unspecified atom stereocenters. The third kappa shape index (κ3) is 3.69. The zero-order chi connectivity index (χ0) is 16.4. The van der Waals surface area contributed by atoms with Crippen LogP contribution in [0.4, 0.5) is 13.2 Å². The summed E-state index contributed by atoms with van der Waals surface area (Å²) in [6.07, 6.45) is -2.31. The van der Waals surface area contributed by atoms with Crippen molar-refractivity contribution in [3.05, 3.63) is 29.8 Å². The first-order chi connectivity index (χ1) is 10.2. The summed E-state index contributed by atoms with van der Waals surface area (Å²) in [7, 11) is 0. The van der Waals surface area contributed by atoms with Crippen molar-refractivity contribution in [1.82, 2.24) is 5.32 Å². The summed E-state index contributed by atoms with van der Waals surface area (Å²) in [6.45, 7) is 0. The van der Waals surface area contributed by atoms with Gasteiger partial charge in [-0.25, -0.2) is 0 Å². The summed E-state index contributed by atoms with van der Waals surface area (Å²) in [5.41, 5.74) is 4.41. The Labute approximate surface area is 124 Å². The van der Waals surface area contributed by atoms with Gasteiger partial charge in [-0.3, -0.25) is 9.59 Å². The van der Waals surface area contributed by atoms with Crippen molar-refractivity contribution >= 4 is 11.8 Å². The quantitative estimate of drug-likeness (QED) is 0.892. The summed E-state index contributed by atoms with van der Waals surface area (Å²) < 4.78 is 39.9. The smallest absolute Gasteiger partial charge is 0.406 e. The standard InChI is InChI=1S/C14H15F3N2O3/c15-14(16,17)22-10-5-3-9(4-6-10)11(20)19-13(12(18)21)7-1-2-8-13/h3-6H,1-2,7-8H2,(H2,18,21)(H,19,20). The Bertz CT molecular complexity index is 564. The van der Waals surface area contributed by atoms with Crippen LogP contribution in [0.2, 0.25) is 0 Å². The van der Waals surface area contributed by atoms with Gasteiger partial charge in [-0.2, -0.15) is 0 Å². The number of primary amides is 1. The van der Waals surface area contributed by atoms with Gasteiger partial charge in [0.25, 0.3) is 5.91 Å². The minimum Gasteiger partial charge on any atom is -0.406 e. The van der Waals surface area contributed by atoms with Gasteiger partial charge in [0.05, 0.1) is 0 Å². The molecule has 1 aliphatic rings. The van der Waals surface area contributed by atoms with Gasteiger partial charge in [-0.05, 0) is 37.1 Å². The lowest BCUT2D eigenvalue weighted by Gasteiger charge is -2.26. The van der Waals surface area contributed by atoms with Crippen LogP contribution in [0, 0.1) is 0 Å². The van der Waals surface area contributed by atoms with Crippen LogP contribution in [-0.2, 0) is 4.79 Å². The lowest BCUT2D eigenvalue weighted by molar-refractivity contribution is -0.274. The number of nitrogens with one attached hydrogen (secondary N) is 1. The van der Waals surface area contributed by atoms with E-state index in [0.29, 0.717) is 12.8 Å². The van der Waals surface area contributed by atoms with Gasteiger partial charge >= 0.3 is 6.36 Å². The molecule has 1 aromatic carbocycles. The molecule has 1 fully saturated rings. The zero-order valence-corrected chi connectivity index (χ0v) is 11.6. The van der Waals surface area contributed by atoms with E-state index in [4.69, 9.17) is 5.73 Å². The molecule has 22 heavy (non-hydrogen) atoms. The number of ether oxygens (including phenoxy) is 1. The average Bonchev–Trinajstić information content (AvgIpc) is 2.87. The number of rotatable bonds is 4. The first-order valence-corrected chi connectivity index (χ1v) is 6.70. The predicted octanol–water partition coefficient (Wildman–Crippen LogP) is 2.11. The van der Waals surface area contributed by atoms with Crippen LogP contribution in [0.3, 0.4) is 0 Å². The minimum absolute atomic E-state index is 0.127. The first-order valence-electron chi connectivity index (χ1n) is 6.70. The number of carbonyl (C=O) groups is 2. The Morgan fingerprint density at radius 2 is 1.68 bits per heavy atom. The Kier molecular flexibility index (Phi) is 4.30. The number of hydrogen-bond donors (Lipinski definition) is 2. The number of halogens is 3. The monoisotopic (exact) mass is 316 g/mol. The van der Waals surface area contributed by atoms with E-state index >= 15 is 0 Å².